The Morgan fingerprint density at radius 2 is 1.92 bits per heavy atom. The van der Waals surface area contributed by atoms with Crippen LogP contribution in [-0.4, -0.2) is 40.8 Å². The molecule has 1 aromatic rings. The van der Waals surface area contributed by atoms with Gasteiger partial charge in [0.1, 0.15) is 11.5 Å². The largest absolute Gasteiger partial charge is 0.623 e. The van der Waals surface area contributed by atoms with Crippen molar-refractivity contribution in [2.24, 2.45) is 0 Å². The number of carboxylic acid groups (broad SMARTS) is 1. The third kappa shape index (κ3) is 7.92. The van der Waals surface area contributed by atoms with Crippen molar-refractivity contribution in [2.75, 3.05) is 13.2 Å². The predicted molar refractivity (Wildman–Crippen MR) is 97.8 cm³/mol. The van der Waals surface area contributed by atoms with Gasteiger partial charge in [-0.2, -0.15) is 0 Å². The van der Waals surface area contributed by atoms with Gasteiger partial charge in [-0.15, -0.1) is 0 Å². The summed E-state index contributed by atoms with van der Waals surface area (Å²) in [5, 5.41) is 20.9. The third-order valence-electron chi connectivity index (χ3n) is 3.46. The number of aliphatic carboxylic acids is 1. The molecule has 140 valence electrons. The van der Waals surface area contributed by atoms with E-state index < -0.39 is 11.5 Å². The van der Waals surface area contributed by atoms with Crippen molar-refractivity contribution in [3.8, 4) is 11.5 Å². The van der Waals surface area contributed by atoms with Gasteiger partial charge in [0.25, 0.3) is 0 Å². The molecule has 0 saturated heterocycles. The zero-order valence-corrected chi connectivity index (χ0v) is 15.6. The number of hydrogen-bond donors (Lipinski definition) is 1. The van der Waals surface area contributed by atoms with Gasteiger partial charge >= 0.3 is 5.97 Å². The van der Waals surface area contributed by atoms with Crippen molar-refractivity contribution in [3.63, 3.8) is 0 Å². The molecule has 0 fully saturated rings. The predicted octanol–water partition coefficient (Wildman–Crippen LogP) is 3.84. The van der Waals surface area contributed by atoms with Crippen LogP contribution in [0.4, 0.5) is 0 Å². The maximum atomic E-state index is 12.2. The van der Waals surface area contributed by atoms with E-state index in [1.54, 1.807) is 12.1 Å². The number of carboxylic acids is 1. The summed E-state index contributed by atoms with van der Waals surface area (Å²) >= 11 is 0. The van der Waals surface area contributed by atoms with Gasteiger partial charge in [-0.05, 0) is 25.0 Å². The number of hydrogen-bond acceptors (Lipinski definition) is 4. The Balaban J connectivity index is 2.94. The second-order valence-electron chi connectivity index (χ2n) is 6.87. The summed E-state index contributed by atoms with van der Waals surface area (Å²) in [4.78, 5) is 10.6. The monoisotopic (exact) mass is 351 g/mol. The lowest BCUT2D eigenvalue weighted by atomic mass is 10.1. The Hall–Kier alpha value is -2.24. The molecule has 6 nitrogen and oxygen atoms in total. The van der Waals surface area contributed by atoms with E-state index in [4.69, 9.17) is 14.6 Å². The minimum atomic E-state index is -0.856. The lowest BCUT2D eigenvalue weighted by Gasteiger charge is -2.19. The van der Waals surface area contributed by atoms with Crippen molar-refractivity contribution in [3.05, 3.63) is 29.0 Å². The molecule has 0 aliphatic heterocycles. The van der Waals surface area contributed by atoms with Crippen LogP contribution in [0.25, 0.3) is 0 Å². The van der Waals surface area contributed by atoms with E-state index in [0.29, 0.717) is 30.1 Å². The first-order chi connectivity index (χ1) is 11.7. The van der Waals surface area contributed by atoms with E-state index in [2.05, 4.69) is 6.92 Å². The Kier molecular flexibility index (Phi) is 8.25. The summed E-state index contributed by atoms with van der Waals surface area (Å²) in [5.74, 6) is 0.335. The summed E-state index contributed by atoms with van der Waals surface area (Å²) in [7, 11) is 0. The van der Waals surface area contributed by atoms with Crippen LogP contribution in [0.15, 0.2) is 18.2 Å². The maximum absolute atomic E-state index is 12.2. The maximum Gasteiger partial charge on any atom is 0.303 e. The second kappa shape index (κ2) is 9.91. The molecule has 0 amide bonds. The van der Waals surface area contributed by atoms with Crippen molar-refractivity contribution >= 4 is 12.2 Å². The number of ether oxygens (including phenoxy) is 2. The van der Waals surface area contributed by atoms with E-state index in [1.807, 2.05) is 26.8 Å². The highest BCUT2D eigenvalue weighted by atomic mass is 16.5. The van der Waals surface area contributed by atoms with Crippen LogP contribution in [-0.2, 0) is 4.79 Å². The summed E-state index contributed by atoms with van der Waals surface area (Å²) in [6.07, 6.45) is 3.93. The first kappa shape index (κ1) is 20.8. The Bertz CT molecular complexity index is 590. The molecule has 1 N–H and O–H groups in total. The van der Waals surface area contributed by atoms with Crippen LogP contribution < -0.4 is 9.47 Å². The highest BCUT2D eigenvalue weighted by Gasteiger charge is 2.19. The highest BCUT2D eigenvalue weighted by molar-refractivity contribution is 5.80. The first-order valence-electron chi connectivity index (χ1n) is 8.67. The lowest BCUT2D eigenvalue weighted by Crippen LogP contribution is -2.29. The quantitative estimate of drug-likeness (QED) is 0.228. The number of rotatable bonds is 10. The van der Waals surface area contributed by atoms with Crippen molar-refractivity contribution in [2.45, 2.75) is 58.9 Å². The second-order valence-corrected chi connectivity index (χ2v) is 6.87. The topological polar surface area (TPSA) is 81.8 Å². The summed E-state index contributed by atoms with van der Waals surface area (Å²) in [5.41, 5.74) is 0.0831. The molecule has 1 aromatic carbocycles. The summed E-state index contributed by atoms with van der Waals surface area (Å²) < 4.78 is 12.3. The fourth-order valence-electron chi connectivity index (χ4n) is 1.90. The molecular weight excluding hydrogens is 322 g/mol. The molecule has 0 bridgehead atoms. The van der Waals surface area contributed by atoms with Crippen molar-refractivity contribution in [1.29, 1.82) is 0 Å². The molecule has 1 rings (SSSR count). The van der Waals surface area contributed by atoms with Crippen molar-refractivity contribution in [1.82, 2.24) is 0 Å². The Morgan fingerprint density at radius 1 is 1.24 bits per heavy atom. The minimum Gasteiger partial charge on any atom is -0.623 e. The number of unbranched alkanes of at least 4 members (excludes halogenated alkanes) is 1. The fourth-order valence-corrected chi connectivity index (χ4v) is 1.90. The van der Waals surface area contributed by atoms with Crippen LogP contribution >= 0.6 is 0 Å². The molecule has 0 spiro atoms. The van der Waals surface area contributed by atoms with E-state index in [9.17, 15) is 10.0 Å². The smallest absolute Gasteiger partial charge is 0.303 e. The molecule has 0 heterocycles. The Labute approximate surface area is 149 Å². The summed E-state index contributed by atoms with van der Waals surface area (Å²) in [6.45, 7) is 8.45. The molecule has 0 aliphatic carbocycles. The van der Waals surface area contributed by atoms with Crippen molar-refractivity contribution < 1.29 is 24.1 Å². The number of hydroxylamine groups is 1. The van der Waals surface area contributed by atoms with E-state index in [1.165, 1.54) is 6.21 Å². The zero-order valence-electron chi connectivity index (χ0n) is 15.6. The summed E-state index contributed by atoms with van der Waals surface area (Å²) in [6, 6.07) is 5.34. The SMILES string of the molecule is CCCCOc1ccc(/C=[N+](\[O-])C(C)(C)C)c(OCCCC(=O)O)c1. The average molecular weight is 351 g/mol. The van der Waals surface area contributed by atoms with Crippen LogP contribution in [0, 0.1) is 5.21 Å². The molecule has 0 aliphatic rings. The van der Waals surface area contributed by atoms with E-state index in [-0.39, 0.29) is 13.0 Å². The average Bonchev–Trinajstić information content (AvgIpc) is 2.52. The van der Waals surface area contributed by atoms with Crippen LogP contribution in [0.5, 0.6) is 11.5 Å². The first-order valence-corrected chi connectivity index (χ1v) is 8.67. The highest BCUT2D eigenvalue weighted by Crippen LogP contribution is 2.25. The van der Waals surface area contributed by atoms with Crippen LogP contribution in [0.3, 0.4) is 0 Å². The standard InChI is InChI=1S/C19H29NO5/c1-5-6-11-24-16-10-9-15(14-20(23)19(2,3)4)17(13-16)25-12-7-8-18(21)22/h9-10,13-14H,5-8,11-12H2,1-4H3,(H,21,22)/b20-14-. The molecule has 0 atom stereocenters. The van der Waals surface area contributed by atoms with Gasteiger partial charge in [-0.1, -0.05) is 13.3 Å². The van der Waals surface area contributed by atoms with Gasteiger partial charge in [0.2, 0.25) is 0 Å². The fraction of sp³-hybridized carbons (Fsp3) is 0.579. The van der Waals surface area contributed by atoms with Gasteiger partial charge in [-0.3, -0.25) is 4.79 Å². The van der Waals surface area contributed by atoms with Gasteiger partial charge in [0.15, 0.2) is 11.8 Å². The number of nitrogens with zero attached hydrogens (tertiary/aromatic N) is 1. The van der Waals surface area contributed by atoms with E-state index >= 15 is 0 Å². The lowest BCUT2D eigenvalue weighted by molar-refractivity contribution is -0.530. The number of carbonyl (C=O) groups is 1. The van der Waals surface area contributed by atoms with Gasteiger partial charge in [0.05, 0.1) is 18.8 Å². The third-order valence-corrected chi connectivity index (χ3v) is 3.46. The molecule has 25 heavy (non-hydrogen) atoms. The molecule has 0 aromatic heterocycles. The Morgan fingerprint density at radius 3 is 2.52 bits per heavy atom. The molecule has 0 unspecified atom stereocenters. The molecule has 0 radical (unpaired) electrons. The van der Waals surface area contributed by atoms with Gasteiger partial charge in [-0.25, -0.2) is 4.74 Å². The minimum absolute atomic E-state index is 0.0431. The van der Waals surface area contributed by atoms with Gasteiger partial charge in [0, 0.05) is 33.3 Å². The van der Waals surface area contributed by atoms with Crippen LogP contribution in [0.1, 0.15) is 58.9 Å². The normalized spacial score (nSPS) is 12.1. The number of benzene rings is 1. The van der Waals surface area contributed by atoms with E-state index in [0.717, 1.165) is 17.6 Å². The van der Waals surface area contributed by atoms with Crippen LogP contribution in [0.2, 0.25) is 0 Å². The molecular formula is C19H29NO5. The molecule has 0 saturated carbocycles. The van der Waals surface area contributed by atoms with Gasteiger partial charge < -0.3 is 19.8 Å². The molecule has 6 heteroatoms. The zero-order chi connectivity index (χ0) is 18.9.